The number of aromatic amines is 1. The molecule has 2 aromatic rings. The van der Waals surface area contributed by atoms with Crippen molar-refractivity contribution in [2.24, 2.45) is 5.92 Å². The molecule has 1 amide bonds. The minimum atomic E-state index is -0.232. The van der Waals surface area contributed by atoms with E-state index < -0.39 is 0 Å². The van der Waals surface area contributed by atoms with Gasteiger partial charge in [0.2, 0.25) is 11.1 Å². The van der Waals surface area contributed by atoms with Crippen LogP contribution >= 0.6 is 11.8 Å². The Balaban J connectivity index is 1.95. The molecule has 2 aromatic heterocycles. The fraction of sp³-hybridized carbons (Fsp3) is 0.429. The zero-order valence-electron chi connectivity index (χ0n) is 12.3. The monoisotopic (exact) mass is 305 g/mol. The van der Waals surface area contributed by atoms with Gasteiger partial charge in [-0.2, -0.15) is 0 Å². The molecular weight excluding hydrogens is 286 g/mol. The number of hydrogen-bond donors (Lipinski definition) is 2. The molecule has 0 aromatic carbocycles. The maximum atomic E-state index is 11.9. The molecule has 0 spiro atoms. The molecule has 0 saturated heterocycles. The van der Waals surface area contributed by atoms with Gasteiger partial charge in [-0.25, -0.2) is 4.98 Å². The summed E-state index contributed by atoms with van der Waals surface area (Å²) in [5, 5.41) is 10.3. The van der Waals surface area contributed by atoms with Crippen LogP contribution in [0.3, 0.4) is 0 Å². The van der Waals surface area contributed by atoms with Crippen molar-refractivity contribution in [1.82, 2.24) is 25.5 Å². The highest BCUT2D eigenvalue weighted by Gasteiger charge is 2.17. The van der Waals surface area contributed by atoms with E-state index in [4.69, 9.17) is 0 Å². The standard InChI is InChI=1S/C14H19N5OS/c1-9(2)8-16-13(20)10(3)21-14-17-12(18-19-14)11-4-6-15-7-5-11/h4-7,9-10H,8H2,1-3H3,(H,16,20)(H,17,18,19)/t10-/m1/s1. The van der Waals surface area contributed by atoms with Crippen LogP contribution in [0, 0.1) is 5.92 Å². The summed E-state index contributed by atoms with van der Waals surface area (Å²) >= 11 is 1.34. The highest BCUT2D eigenvalue weighted by atomic mass is 32.2. The summed E-state index contributed by atoms with van der Waals surface area (Å²) in [6, 6.07) is 3.71. The van der Waals surface area contributed by atoms with Gasteiger partial charge in [0.25, 0.3) is 0 Å². The van der Waals surface area contributed by atoms with Crippen molar-refractivity contribution in [2.75, 3.05) is 6.54 Å². The van der Waals surface area contributed by atoms with E-state index >= 15 is 0 Å². The maximum Gasteiger partial charge on any atom is 0.233 e. The van der Waals surface area contributed by atoms with Crippen molar-refractivity contribution in [3.8, 4) is 11.4 Å². The molecule has 0 saturated carbocycles. The van der Waals surface area contributed by atoms with Crippen LogP contribution in [0.4, 0.5) is 0 Å². The minimum absolute atomic E-state index is 0.00367. The summed E-state index contributed by atoms with van der Waals surface area (Å²) in [6.45, 7) is 6.66. The first-order chi connectivity index (χ1) is 10.1. The molecule has 0 fully saturated rings. The van der Waals surface area contributed by atoms with E-state index in [0.29, 0.717) is 23.4 Å². The lowest BCUT2D eigenvalue weighted by Gasteiger charge is -2.11. The van der Waals surface area contributed by atoms with E-state index in [0.717, 1.165) is 5.56 Å². The first-order valence-electron chi connectivity index (χ1n) is 6.83. The Hall–Kier alpha value is -1.89. The van der Waals surface area contributed by atoms with Crippen LogP contribution in [-0.2, 0) is 4.79 Å². The molecule has 0 bridgehead atoms. The molecule has 2 N–H and O–H groups in total. The van der Waals surface area contributed by atoms with Gasteiger partial charge < -0.3 is 5.32 Å². The van der Waals surface area contributed by atoms with Gasteiger partial charge in [0.15, 0.2) is 5.82 Å². The van der Waals surface area contributed by atoms with E-state index in [-0.39, 0.29) is 11.2 Å². The van der Waals surface area contributed by atoms with E-state index in [9.17, 15) is 4.79 Å². The second kappa shape index (κ2) is 7.21. The average molecular weight is 305 g/mol. The third-order valence-electron chi connectivity index (χ3n) is 2.75. The summed E-state index contributed by atoms with van der Waals surface area (Å²) in [4.78, 5) is 20.3. The molecule has 0 radical (unpaired) electrons. The van der Waals surface area contributed by atoms with E-state index in [2.05, 4.69) is 39.3 Å². The van der Waals surface area contributed by atoms with Crippen LogP contribution in [0.15, 0.2) is 29.7 Å². The topological polar surface area (TPSA) is 83.6 Å². The molecule has 112 valence electrons. The molecule has 2 heterocycles. The molecular formula is C14H19N5OS. The fourth-order valence-electron chi connectivity index (χ4n) is 1.60. The summed E-state index contributed by atoms with van der Waals surface area (Å²) in [7, 11) is 0. The smallest absolute Gasteiger partial charge is 0.233 e. The number of aromatic nitrogens is 4. The largest absolute Gasteiger partial charge is 0.355 e. The number of thioether (sulfide) groups is 1. The van der Waals surface area contributed by atoms with Gasteiger partial charge >= 0.3 is 0 Å². The quantitative estimate of drug-likeness (QED) is 0.799. The van der Waals surface area contributed by atoms with Crippen molar-refractivity contribution >= 4 is 17.7 Å². The average Bonchev–Trinajstić information content (AvgIpc) is 2.94. The number of rotatable bonds is 6. The van der Waals surface area contributed by atoms with E-state index in [1.807, 2.05) is 19.1 Å². The number of hydrogen-bond acceptors (Lipinski definition) is 5. The second-order valence-electron chi connectivity index (χ2n) is 5.10. The maximum absolute atomic E-state index is 11.9. The third kappa shape index (κ3) is 4.56. The molecule has 2 rings (SSSR count). The SMILES string of the molecule is CC(C)CNC(=O)[C@@H](C)Sc1n[nH]c(-c2ccncc2)n1. The molecule has 6 nitrogen and oxygen atoms in total. The predicted molar refractivity (Wildman–Crippen MR) is 82.8 cm³/mol. The van der Waals surface area contributed by atoms with Crippen molar-refractivity contribution in [3.63, 3.8) is 0 Å². The van der Waals surface area contributed by atoms with Crippen LogP contribution in [-0.4, -0.2) is 37.9 Å². The van der Waals surface area contributed by atoms with Gasteiger partial charge in [0.1, 0.15) is 0 Å². The Morgan fingerprint density at radius 1 is 1.33 bits per heavy atom. The molecule has 7 heteroatoms. The lowest BCUT2D eigenvalue weighted by Crippen LogP contribution is -2.33. The van der Waals surface area contributed by atoms with Crippen LogP contribution in [0.5, 0.6) is 0 Å². The van der Waals surface area contributed by atoms with Crippen LogP contribution in [0.1, 0.15) is 20.8 Å². The van der Waals surface area contributed by atoms with Crippen molar-refractivity contribution < 1.29 is 4.79 Å². The van der Waals surface area contributed by atoms with Gasteiger partial charge in [-0.3, -0.25) is 14.9 Å². The van der Waals surface area contributed by atoms with Crippen molar-refractivity contribution in [3.05, 3.63) is 24.5 Å². The highest BCUT2D eigenvalue weighted by molar-refractivity contribution is 8.00. The summed E-state index contributed by atoms with van der Waals surface area (Å²) in [6.07, 6.45) is 3.40. The first kappa shape index (κ1) is 15.5. The van der Waals surface area contributed by atoms with Gasteiger partial charge in [-0.05, 0) is 25.0 Å². The predicted octanol–water partition coefficient (Wildman–Crippen LogP) is 2.12. The lowest BCUT2D eigenvalue weighted by molar-refractivity contribution is -0.120. The molecule has 1 atom stereocenters. The third-order valence-corrected chi connectivity index (χ3v) is 3.72. The number of nitrogens with zero attached hydrogens (tertiary/aromatic N) is 3. The number of carbonyl (C=O) groups is 1. The zero-order valence-corrected chi connectivity index (χ0v) is 13.1. The second-order valence-corrected chi connectivity index (χ2v) is 6.41. The fourth-order valence-corrected chi connectivity index (χ4v) is 2.35. The van der Waals surface area contributed by atoms with Gasteiger partial charge in [-0.1, -0.05) is 25.6 Å². The van der Waals surface area contributed by atoms with Crippen molar-refractivity contribution in [2.45, 2.75) is 31.2 Å². The summed E-state index contributed by atoms with van der Waals surface area (Å²) in [5.74, 6) is 1.12. The number of nitrogens with one attached hydrogen (secondary N) is 2. The highest BCUT2D eigenvalue weighted by Crippen LogP contribution is 2.22. The van der Waals surface area contributed by atoms with E-state index in [1.165, 1.54) is 11.8 Å². The summed E-state index contributed by atoms with van der Waals surface area (Å²) < 4.78 is 0. The normalized spacial score (nSPS) is 12.4. The number of H-pyrrole nitrogens is 1. The van der Waals surface area contributed by atoms with Gasteiger partial charge in [0.05, 0.1) is 5.25 Å². The van der Waals surface area contributed by atoms with Gasteiger partial charge in [-0.15, -0.1) is 5.10 Å². The molecule has 0 aliphatic rings. The van der Waals surface area contributed by atoms with E-state index in [1.54, 1.807) is 12.4 Å². The Kier molecular flexibility index (Phi) is 5.32. The Bertz CT molecular complexity index is 584. The number of carbonyl (C=O) groups excluding carboxylic acids is 1. The van der Waals surface area contributed by atoms with Gasteiger partial charge in [0, 0.05) is 24.5 Å². The van der Waals surface area contributed by atoms with Crippen LogP contribution < -0.4 is 5.32 Å². The van der Waals surface area contributed by atoms with Crippen LogP contribution in [0.25, 0.3) is 11.4 Å². The summed E-state index contributed by atoms with van der Waals surface area (Å²) in [5.41, 5.74) is 0.918. The molecule has 0 unspecified atom stereocenters. The minimum Gasteiger partial charge on any atom is -0.355 e. The molecule has 0 aliphatic carbocycles. The zero-order chi connectivity index (χ0) is 15.2. The lowest BCUT2D eigenvalue weighted by atomic mass is 10.2. The number of pyridine rings is 1. The molecule has 21 heavy (non-hydrogen) atoms. The van der Waals surface area contributed by atoms with Crippen molar-refractivity contribution in [1.29, 1.82) is 0 Å². The molecule has 0 aliphatic heterocycles. The Morgan fingerprint density at radius 3 is 2.71 bits per heavy atom. The first-order valence-corrected chi connectivity index (χ1v) is 7.71. The Morgan fingerprint density at radius 2 is 2.05 bits per heavy atom. The Labute approximate surface area is 128 Å². The van der Waals surface area contributed by atoms with Crippen LogP contribution in [0.2, 0.25) is 0 Å². The number of amides is 1.